The van der Waals surface area contributed by atoms with Gasteiger partial charge in [0.1, 0.15) is 17.8 Å². The van der Waals surface area contributed by atoms with Crippen LogP contribution in [-0.2, 0) is 0 Å². The Hall–Kier alpha value is -2.08. The predicted molar refractivity (Wildman–Crippen MR) is 56.8 cm³/mol. The van der Waals surface area contributed by atoms with Gasteiger partial charge in [0.2, 0.25) is 0 Å². The molecule has 0 saturated heterocycles. The lowest BCUT2D eigenvalue weighted by atomic mass is 10.3. The maximum Gasteiger partial charge on any atom is 0.172 e. The first kappa shape index (κ1) is 9.17. The molecule has 0 aliphatic rings. The zero-order valence-corrected chi connectivity index (χ0v) is 8.70. The van der Waals surface area contributed by atoms with Gasteiger partial charge >= 0.3 is 0 Å². The highest BCUT2D eigenvalue weighted by molar-refractivity contribution is 6.29. The Bertz CT molecular complexity index is 635. The summed E-state index contributed by atoms with van der Waals surface area (Å²) in [6.45, 7) is 0. The van der Waals surface area contributed by atoms with Gasteiger partial charge in [-0.05, 0) is 0 Å². The average molecular weight is 233 g/mol. The minimum Gasteiger partial charge on any atom is -0.265 e. The number of nitrogens with zero attached hydrogens (tertiary/aromatic N) is 6. The summed E-state index contributed by atoms with van der Waals surface area (Å²) in [5, 5.41) is 8.41. The summed E-state index contributed by atoms with van der Waals surface area (Å²) in [6.07, 6.45) is 6.36. The largest absolute Gasteiger partial charge is 0.265 e. The van der Waals surface area contributed by atoms with Crippen molar-refractivity contribution >= 4 is 17.2 Å². The fraction of sp³-hybridized carbons (Fsp3) is 0. The van der Waals surface area contributed by atoms with Gasteiger partial charge in [0.15, 0.2) is 11.5 Å². The molecule has 0 radical (unpaired) electrons. The molecule has 3 aromatic rings. The Labute approximate surface area is 95.0 Å². The summed E-state index contributed by atoms with van der Waals surface area (Å²) < 4.78 is 1.73. The van der Waals surface area contributed by atoms with Crippen molar-refractivity contribution in [3.8, 4) is 11.4 Å². The van der Waals surface area contributed by atoms with Crippen molar-refractivity contribution in [2.75, 3.05) is 0 Å². The number of halogens is 1. The molecule has 0 aliphatic heterocycles. The Morgan fingerprint density at radius 2 is 1.94 bits per heavy atom. The maximum absolute atomic E-state index is 5.76. The van der Waals surface area contributed by atoms with Crippen LogP contribution in [0.5, 0.6) is 0 Å². The quantitative estimate of drug-likeness (QED) is 0.591. The van der Waals surface area contributed by atoms with Gasteiger partial charge in [-0.3, -0.25) is 4.40 Å². The molecule has 0 N–H and O–H groups in total. The van der Waals surface area contributed by atoms with Crippen molar-refractivity contribution in [3.05, 3.63) is 36.3 Å². The fourth-order valence-electron chi connectivity index (χ4n) is 1.38. The Kier molecular flexibility index (Phi) is 2.00. The second-order valence-corrected chi connectivity index (χ2v) is 3.48. The molecule has 7 heteroatoms. The van der Waals surface area contributed by atoms with E-state index in [-0.39, 0.29) is 0 Å². The monoisotopic (exact) mass is 232 g/mol. The Morgan fingerprint density at radius 1 is 1.12 bits per heavy atom. The highest BCUT2D eigenvalue weighted by Gasteiger charge is 2.08. The maximum atomic E-state index is 5.76. The van der Waals surface area contributed by atoms with Gasteiger partial charge in [-0.25, -0.2) is 15.0 Å². The van der Waals surface area contributed by atoms with Crippen molar-refractivity contribution in [2.24, 2.45) is 0 Å². The highest BCUT2D eigenvalue weighted by Crippen LogP contribution is 2.16. The summed E-state index contributed by atoms with van der Waals surface area (Å²) in [5.74, 6) is 0.639. The van der Waals surface area contributed by atoms with Crippen LogP contribution >= 0.6 is 11.6 Å². The van der Waals surface area contributed by atoms with Crippen LogP contribution in [0.1, 0.15) is 0 Å². The van der Waals surface area contributed by atoms with E-state index in [2.05, 4.69) is 25.1 Å². The van der Waals surface area contributed by atoms with Crippen LogP contribution in [0, 0.1) is 0 Å². The molecule has 3 aromatic heterocycles. The first-order valence-corrected chi connectivity index (χ1v) is 4.84. The molecule has 0 atom stereocenters. The first-order chi connectivity index (χ1) is 7.84. The molecular weight excluding hydrogens is 228 g/mol. The molecule has 3 heterocycles. The van der Waals surface area contributed by atoms with Gasteiger partial charge in [0.05, 0.1) is 5.56 Å². The van der Waals surface area contributed by atoms with Crippen LogP contribution < -0.4 is 0 Å². The third-order valence-corrected chi connectivity index (χ3v) is 2.29. The zero-order chi connectivity index (χ0) is 11.0. The molecule has 0 saturated carbocycles. The molecule has 16 heavy (non-hydrogen) atoms. The summed E-state index contributed by atoms with van der Waals surface area (Å²) in [7, 11) is 0. The molecule has 3 rings (SSSR count). The molecule has 0 aromatic carbocycles. The summed E-state index contributed by atoms with van der Waals surface area (Å²) in [4.78, 5) is 11.8. The van der Waals surface area contributed by atoms with Crippen LogP contribution in [0.15, 0.2) is 31.1 Å². The van der Waals surface area contributed by atoms with Gasteiger partial charge in [0.25, 0.3) is 0 Å². The van der Waals surface area contributed by atoms with Crippen molar-refractivity contribution < 1.29 is 0 Å². The summed E-state index contributed by atoms with van der Waals surface area (Å²) in [5.41, 5.74) is 1.41. The molecule has 0 spiro atoms. The van der Waals surface area contributed by atoms with E-state index >= 15 is 0 Å². The SMILES string of the molecule is Clc1cc2nnc(-c3cncnc3)n2cn1. The minimum absolute atomic E-state index is 0.385. The molecule has 0 unspecified atom stereocenters. The minimum atomic E-state index is 0.385. The number of hydrogen-bond donors (Lipinski definition) is 0. The lowest BCUT2D eigenvalue weighted by Gasteiger charge is -1.97. The molecule has 0 bridgehead atoms. The third kappa shape index (κ3) is 1.40. The van der Waals surface area contributed by atoms with E-state index in [1.807, 2.05) is 0 Å². The van der Waals surface area contributed by atoms with E-state index in [4.69, 9.17) is 11.6 Å². The van der Waals surface area contributed by atoms with Gasteiger partial charge in [-0.2, -0.15) is 0 Å². The van der Waals surface area contributed by atoms with Gasteiger partial charge in [-0.15, -0.1) is 10.2 Å². The number of rotatable bonds is 1. The van der Waals surface area contributed by atoms with Crippen molar-refractivity contribution in [3.63, 3.8) is 0 Å². The third-order valence-electron chi connectivity index (χ3n) is 2.09. The van der Waals surface area contributed by atoms with E-state index in [1.54, 1.807) is 29.2 Å². The van der Waals surface area contributed by atoms with Gasteiger partial charge in [-0.1, -0.05) is 11.6 Å². The molecular formula is C9H5ClN6. The van der Waals surface area contributed by atoms with Crippen LogP contribution in [0.2, 0.25) is 5.15 Å². The predicted octanol–water partition coefficient (Wildman–Crippen LogP) is 1.23. The Balaban J connectivity index is 2.26. The van der Waals surface area contributed by atoms with Crippen molar-refractivity contribution in [1.82, 2.24) is 29.5 Å². The molecule has 0 fully saturated rings. The lowest BCUT2D eigenvalue weighted by molar-refractivity contribution is 1.06. The lowest BCUT2D eigenvalue weighted by Crippen LogP contribution is -1.92. The number of aromatic nitrogens is 6. The molecule has 6 nitrogen and oxygen atoms in total. The van der Waals surface area contributed by atoms with Crippen LogP contribution in [0.25, 0.3) is 17.0 Å². The number of fused-ring (bicyclic) bond motifs is 1. The van der Waals surface area contributed by atoms with Crippen molar-refractivity contribution in [1.29, 1.82) is 0 Å². The van der Waals surface area contributed by atoms with Gasteiger partial charge < -0.3 is 0 Å². The second-order valence-electron chi connectivity index (χ2n) is 3.09. The van der Waals surface area contributed by atoms with E-state index in [1.165, 1.54) is 6.33 Å². The van der Waals surface area contributed by atoms with E-state index < -0.39 is 0 Å². The Morgan fingerprint density at radius 3 is 2.75 bits per heavy atom. The summed E-state index contributed by atoms with van der Waals surface area (Å²) >= 11 is 5.76. The van der Waals surface area contributed by atoms with E-state index in [0.717, 1.165) is 5.56 Å². The number of hydrogen-bond acceptors (Lipinski definition) is 5. The summed E-state index contributed by atoms with van der Waals surface area (Å²) in [6, 6.07) is 1.64. The average Bonchev–Trinajstić information content (AvgIpc) is 2.73. The van der Waals surface area contributed by atoms with Crippen molar-refractivity contribution in [2.45, 2.75) is 0 Å². The van der Waals surface area contributed by atoms with E-state index in [0.29, 0.717) is 16.6 Å². The smallest absolute Gasteiger partial charge is 0.172 e. The van der Waals surface area contributed by atoms with Crippen LogP contribution in [-0.4, -0.2) is 29.5 Å². The molecule has 0 amide bonds. The topological polar surface area (TPSA) is 68.9 Å². The fourth-order valence-corrected chi connectivity index (χ4v) is 1.53. The normalized spacial score (nSPS) is 10.8. The zero-order valence-electron chi connectivity index (χ0n) is 7.95. The highest BCUT2D eigenvalue weighted by atomic mass is 35.5. The van der Waals surface area contributed by atoms with Gasteiger partial charge in [0, 0.05) is 18.5 Å². The molecule has 0 aliphatic carbocycles. The second kappa shape index (κ2) is 3.49. The van der Waals surface area contributed by atoms with Crippen LogP contribution in [0.3, 0.4) is 0 Å². The standard InChI is InChI=1S/C9H5ClN6/c10-7-1-8-14-15-9(16(8)5-13-7)6-2-11-4-12-3-6/h1-5H. The van der Waals surface area contributed by atoms with Crippen LogP contribution in [0.4, 0.5) is 0 Å². The van der Waals surface area contributed by atoms with E-state index in [9.17, 15) is 0 Å². The molecule has 78 valence electrons. The first-order valence-electron chi connectivity index (χ1n) is 4.46.